The van der Waals surface area contributed by atoms with Gasteiger partial charge in [0, 0.05) is 12.0 Å². The van der Waals surface area contributed by atoms with Crippen molar-refractivity contribution in [3.05, 3.63) is 77.9 Å². The van der Waals surface area contributed by atoms with Gasteiger partial charge in [0.05, 0.1) is 0 Å². The van der Waals surface area contributed by atoms with Crippen molar-refractivity contribution in [2.24, 2.45) is 0 Å². The van der Waals surface area contributed by atoms with Crippen molar-refractivity contribution < 1.29 is 0 Å². The van der Waals surface area contributed by atoms with Gasteiger partial charge in [-0.25, -0.2) is 0 Å². The quantitative estimate of drug-likeness (QED) is 0.738. The van der Waals surface area contributed by atoms with Gasteiger partial charge in [0.2, 0.25) is 0 Å². The summed E-state index contributed by atoms with van der Waals surface area (Å²) in [7, 11) is 4.45. The Balaban J connectivity index is 2.11. The molecule has 0 saturated carbocycles. The molecule has 3 rings (SSSR count). The highest BCUT2D eigenvalue weighted by Crippen LogP contribution is 2.40. The molecule has 0 aliphatic heterocycles. The highest BCUT2D eigenvalue weighted by Gasteiger charge is 2.29. The molecule has 0 aromatic heterocycles. The minimum absolute atomic E-state index is 0.439. The number of nitrogens with zero attached hydrogens (tertiary/aromatic N) is 1. The van der Waals surface area contributed by atoms with Gasteiger partial charge in [0.15, 0.2) is 0 Å². The largest absolute Gasteiger partial charge is 0.306 e. The zero-order valence-corrected chi connectivity index (χ0v) is 14.3. The summed E-state index contributed by atoms with van der Waals surface area (Å²) in [5.74, 6) is 0.439. The molecule has 1 heteroatoms. The summed E-state index contributed by atoms with van der Waals surface area (Å²) in [5.41, 5.74) is 4.30. The average Bonchev–Trinajstić information content (AvgIpc) is 2.56. The van der Waals surface area contributed by atoms with Gasteiger partial charge in [0.25, 0.3) is 0 Å². The number of allylic oxidation sites excluding steroid dienone is 1. The predicted octanol–water partition coefficient (Wildman–Crippen LogP) is 5.36. The molecule has 1 aliphatic carbocycles. The van der Waals surface area contributed by atoms with Gasteiger partial charge in [-0.15, -0.1) is 0 Å². The van der Waals surface area contributed by atoms with Gasteiger partial charge in [-0.05, 0) is 50.1 Å². The number of likely N-dealkylation sites (N-methyl/N-ethyl adjacent to an activating group) is 1. The third-order valence-electron chi connectivity index (χ3n) is 4.97. The topological polar surface area (TPSA) is 3.24 Å². The maximum Gasteiger partial charge on any atom is 0.0248 e. The van der Waals surface area contributed by atoms with Crippen LogP contribution in [0.3, 0.4) is 0 Å². The van der Waals surface area contributed by atoms with Crippen LogP contribution in [0, 0.1) is 0 Å². The van der Waals surface area contributed by atoms with Gasteiger partial charge >= 0.3 is 0 Å². The molecule has 0 unspecified atom stereocenters. The molecule has 0 spiro atoms. The van der Waals surface area contributed by atoms with Crippen LogP contribution in [0.5, 0.6) is 0 Å². The Kier molecular flexibility index (Phi) is 5.30. The van der Waals surface area contributed by atoms with E-state index in [1.165, 1.54) is 42.4 Å². The first-order valence-electron chi connectivity index (χ1n) is 8.74. The summed E-state index contributed by atoms with van der Waals surface area (Å²) in [6.07, 6.45) is 7.54. The second kappa shape index (κ2) is 7.61. The van der Waals surface area contributed by atoms with E-state index < -0.39 is 0 Å². The molecule has 2 atom stereocenters. The summed E-state index contributed by atoms with van der Waals surface area (Å²) in [4.78, 5) is 2.42. The monoisotopic (exact) mass is 305 g/mol. The van der Waals surface area contributed by atoms with Crippen molar-refractivity contribution in [2.45, 2.75) is 37.6 Å². The summed E-state index contributed by atoms with van der Waals surface area (Å²) in [6, 6.07) is 22.5. The molecule has 0 radical (unpaired) electrons. The average molecular weight is 305 g/mol. The Hall–Kier alpha value is -1.86. The molecule has 1 aliphatic rings. The van der Waals surface area contributed by atoms with Crippen molar-refractivity contribution in [1.29, 1.82) is 0 Å². The van der Waals surface area contributed by atoms with E-state index in [1.807, 2.05) is 0 Å². The lowest BCUT2D eigenvalue weighted by atomic mass is 9.77. The van der Waals surface area contributed by atoms with Crippen LogP contribution in [0.4, 0.5) is 0 Å². The molecule has 0 amide bonds. The first kappa shape index (κ1) is 16.0. The van der Waals surface area contributed by atoms with E-state index in [0.29, 0.717) is 12.0 Å². The summed E-state index contributed by atoms with van der Waals surface area (Å²) in [6.45, 7) is 0. The van der Waals surface area contributed by atoms with Crippen molar-refractivity contribution in [1.82, 2.24) is 4.90 Å². The fourth-order valence-corrected chi connectivity index (χ4v) is 3.80. The van der Waals surface area contributed by atoms with Gasteiger partial charge in [-0.2, -0.15) is 0 Å². The van der Waals surface area contributed by atoms with Crippen LogP contribution < -0.4 is 0 Å². The molecule has 2 aromatic rings. The smallest absolute Gasteiger partial charge is 0.0248 e. The van der Waals surface area contributed by atoms with E-state index >= 15 is 0 Å². The molecule has 120 valence electrons. The summed E-state index contributed by atoms with van der Waals surface area (Å²) < 4.78 is 0. The third kappa shape index (κ3) is 3.73. The van der Waals surface area contributed by atoms with Crippen LogP contribution in [0.25, 0.3) is 5.57 Å². The first-order chi connectivity index (χ1) is 11.3. The van der Waals surface area contributed by atoms with E-state index in [1.54, 1.807) is 0 Å². The summed E-state index contributed by atoms with van der Waals surface area (Å²) in [5, 5.41) is 0. The zero-order chi connectivity index (χ0) is 16.1. The van der Waals surface area contributed by atoms with Gasteiger partial charge in [0.1, 0.15) is 0 Å². The highest BCUT2D eigenvalue weighted by atomic mass is 15.1. The second-order valence-electron chi connectivity index (χ2n) is 6.73. The van der Waals surface area contributed by atoms with E-state index in [2.05, 4.69) is 85.7 Å². The lowest BCUT2D eigenvalue weighted by Crippen LogP contribution is -2.35. The van der Waals surface area contributed by atoms with Crippen LogP contribution in [0.2, 0.25) is 0 Å². The van der Waals surface area contributed by atoms with Crippen LogP contribution in [-0.4, -0.2) is 25.0 Å². The van der Waals surface area contributed by atoms with Crippen LogP contribution in [0.15, 0.2) is 66.7 Å². The maximum absolute atomic E-state index is 2.49. The molecule has 0 fully saturated rings. The van der Waals surface area contributed by atoms with Gasteiger partial charge < -0.3 is 4.90 Å². The van der Waals surface area contributed by atoms with E-state index in [4.69, 9.17) is 0 Å². The van der Waals surface area contributed by atoms with E-state index in [9.17, 15) is 0 Å². The number of rotatable bonds is 3. The van der Waals surface area contributed by atoms with Gasteiger partial charge in [-0.1, -0.05) is 73.2 Å². The fraction of sp³-hybridized carbons (Fsp3) is 0.364. The van der Waals surface area contributed by atoms with Crippen LogP contribution in [0.1, 0.15) is 42.7 Å². The molecular weight excluding hydrogens is 278 g/mol. The van der Waals surface area contributed by atoms with Crippen molar-refractivity contribution in [3.63, 3.8) is 0 Å². The fourth-order valence-electron chi connectivity index (χ4n) is 3.80. The molecule has 0 saturated heterocycles. The highest BCUT2D eigenvalue weighted by molar-refractivity contribution is 5.72. The number of benzene rings is 2. The Morgan fingerprint density at radius 1 is 0.826 bits per heavy atom. The third-order valence-corrected chi connectivity index (χ3v) is 4.97. The van der Waals surface area contributed by atoms with Crippen molar-refractivity contribution >= 4 is 5.57 Å². The molecular formula is C22H27N. The minimum Gasteiger partial charge on any atom is -0.306 e. The standard InChI is InChI=1S/C22H27N/c1-23(2)21-17-11-5-10-16-20(18-12-6-3-7-13-18)22(21)19-14-8-4-9-15-19/h3-4,6-9,12-16,21-22H,5,10-11,17H2,1-2H3/t21-,22+/m1/s1. The number of hydrogen-bond donors (Lipinski definition) is 0. The lowest BCUT2D eigenvalue weighted by Gasteiger charge is -2.36. The SMILES string of the molecule is CN(C)[C@@H]1CCCCC=C(c2ccccc2)[C@@H]1c1ccccc1. The van der Waals surface area contributed by atoms with E-state index in [-0.39, 0.29) is 0 Å². The normalized spacial score (nSPS) is 22.3. The van der Waals surface area contributed by atoms with Crippen molar-refractivity contribution in [3.8, 4) is 0 Å². The lowest BCUT2D eigenvalue weighted by molar-refractivity contribution is 0.254. The van der Waals surface area contributed by atoms with E-state index in [0.717, 1.165) is 0 Å². The predicted molar refractivity (Wildman–Crippen MR) is 99.5 cm³/mol. The Labute approximate surface area is 140 Å². The van der Waals surface area contributed by atoms with Crippen molar-refractivity contribution in [2.75, 3.05) is 14.1 Å². The molecule has 2 aromatic carbocycles. The molecule has 1 nitrogen and oxygen atoms in total. The Morgan fingerprint density at radius 3 is 2.13 bits per heavy atom. The van der Waals surface area contributed by atoms with Gasteiger partial charge in [-0.3, -0.25) is 0 Å². The van der Waals surface area contributed by atoms with Crippen LogP contribution in [-0.2, 0) is 0 Å². The molecule has 0 heterocycles. The van der Waals surface area contributed by atoms with Crippen LogP contribution >= 0.6 is 0 Å². The minimum atomic E-state index is 0.439. The first-order valence-corrected chi connectivity index (χ1v) is 8.74. The molecule has 23 heavy (non-hydrogen) atoms. The maximum atomic E-state index is 2.49. The molecule has 0 N–H and O–H groups in total. The Morgan fingerprint density at radius 2 is 1.48 bits per heavy atom. The number of hydrogen-bond acceptors (Lipinski definition) is 1. The second-order valence-corrected chi connectivity index (χ2v) is 6.73. The zero-order valence-electron chi connectivity index (χ0n) is 14.3. The Bertz CT molecular complexity index is 628. The molecule has 0 bridgehead atoms. The summed E-state index contributed by atoms with van der Waals surface area (Å²) >= 11 is 0.